The molecule has 3 aromatic rings. The van der Waals surface area contributed by atoms with E-state index in [-0.39, 0.29) is 5.57 Å². The number of aliphatic carboxylic acids is 1. The molecule has 0 aliphatic heterocycles. The van der Waals surface area contributed by atoms with E-state index in [2.05, 4.69) is 0 Å². The minimum Gasteiger partial charge on any atom is -0.489 e. The molecule has 0 radical (unpaired) electrons. The van der Waals surface area contributed by atoms with Crippen LogP contribution < -0.4 is 9.47 Å². The van der Waals surface area contributed by atoms with Gasteiger partial charge in [0.1, 0.15) is 24.7 Å². The van der Waals surface area contributed by atoms with Crippen molar-refractivity contribution >= 4 is 12.0 Å². The first-order chi connectivity index (χ1) is 13.6. The quantitative estimate of drug-likeness (QED) is 0.541. The molecule has 4 heteroatoms. The molecule has 0 amide bonds. The van der Waals surface area contributed by atoms with Crippen LogP contribution >= 0.6 is 0 Å². The summed E-state index contributed by atoms with van der Waals surface area (Å²) in [6.45, 7) is 2.40. The summed E-state index contributed by atoms with van der Waals surface area (Å²) in [6, 6.07) is 25.2. The predicted molar refractivity (Wildman–Crippen MR) is 109 cm³/mol. The van der Waals surface area contributed by atoms with E-state index < -0.39 is 5.97 Å². The molecule has 0 saturated carbocycles. The summed E-state index contributed by atoms with van der Waals surface area (Å²) in [6.07, 6.45) is 1.60. The molecule has 0 aromatic heterocycles. The van der Waals surface area contributed by atoms with Gasteiger partial charge in [-0.1, -0.05) is 60.7 Å². The molecule has 0 aliphatic rings. The van der Waals surface area contributed by atoms with Crippen LogP contribution in [0.25, 0.3) is 6.08 Å². The Labute approximate surface area is 164 Å². The van der Waals surface area contributed by atoms with E-state index in [1.165, 1.54) is 0 Å². The van der Waals surface area contributed by atoms with Gasteiger partial charge in [-0.05, 0) is 41.8 Å². The summed E-state index contributed by atoms with van der Waals surface area (Å²) in [5.41, 5.74) is 3.07. The number of benzene rings is 3. The second-order valence-corrected chi connectivity index (χ2v) is 6.42. The van der Waals surface area contributed by atoms with E-state index in [4.69, 9.17) is 14.6 Å². The Hall–Kier alpha value is -3.53. The lowest BCUT2D eigenvalue weighted by Gasteiger charge is -2.12. The highest BCUT2D eigenvalue weighted by Gasteiger charge is 2.06. The van der Waals surface area contributed by atoms with Gasteiger partial charge in [0.2, 0.25) is 0 Å². The van der Waals surface area contributed by atoms with Crippen molar-refractivity contribution in [2.45, 2.75) is 20.1 Å². The van der Waals surface area contributed by atoms with Crippen molar-refractivity contribution in [3.8, 4) is 11.5 Å². The van der Waals surface area contributed by atoms with Gasteiger partial charge in [-0.2, -0.15) is 0 Å². The summed E-state index contributed by atoms with van der Waals surface area (Å²) in [7, 11) is 0. The van der Waals surface area contributed by atoms with Crippen molar-refractivity contribution in [2.75, 3.05) is 0 Å². The smallest absolute Gasteiger partial charge is 0.331 e. The number of carboxylic acids is 1. The number of hydrogen-bond donors (Lipinski definition) is 1. The SMILES string of the molecule is C/C(=C\c1cc(OCc2ccccc2)cc(OCc2ccccc2)c1)C(=O)O. The van der Waals surface area contributed by atoms with Crippen LogP contribution in [0.1, 0.15) is 23.6 Å². The monoisotopic (exact) mass is 374 g/mol. The lowest BCUT2D eigenvalue weighted by atomic mass is 10.1. The van der Waals surface area contributed by atoms with E-state index in [0.29, 0.717) is 30.3 Å². The fraction of sp³-hybridized carbons (Fsp3) is 0.125. The molecule has 0 spiro atoms. The molecular formula is C24H22O4. The van der Waals surface area contributed by atoms with Crippen LogP contribution in [0.15, 0.2) is 84.4 Å². The summed E-state index contributed by atoms with van der Waals surface area (Å²) in [5.74, 6) is 0.292. The minimum atomic E-state index is -0.956. The normalized spacial score (nSPS) is 11.1. The van der Waals surface area contributed by atoms with Crippen LogP contribution in [0, 0.1) is 0 Å². The molecular weight excluding hydrogens is 352 g/mol. The van der Waals surface area contributed by atoms with Crippen LogP contribution in [-0.2, 0) is 18.0 Å². The molecule has 142 valence electrons. The molecule has 0 heterocycles. The summed E-state index contributed by atoms with van der Waals surface area (Å²) in [5, 5.41) is 9.16. The van der Waals surface area contributed by atoms with Crippen LogP contribution in [0.4, 0.5) is 0 Å². The highest BCUT2D eigenvalue weighted by atomic mass is 16.5. The third kappa shape index (κ3) is 5.74. The molecule has 3 aromatic carbocycles. The van der Waals surface area contributed by atoms with Gasteiger partial charge < -0.3 is 14.6 Å². The molecule has 0 saturated heterocycles. The first-order valence-corrected chi connectivity index (χ1v) is 9.00. The van der Waals surface area contributed by atoms with Gasteiger partial charge in [-0.15, -0.1) is 0 Å². The van der Waals surface area contributed by atoms with Crippen molar-refractivity contribution in [1.82, 2.24) is 0 Å². The lowest BCUT2D eigenvalue weighted by molar-refractivity contribution is -0.132. The topological polar surface area (TPSA) is 55.8 Å². The van der Waals surface area contributed by atoms with Crippen molar-refractivity contribution < 1.29 is 19.4 Å². The average molecular weight is 374 g/mol. The van der Waals surface area contributed by atoms with E-state index in [1.807, 2.05) is 78.9 Å². The Balaban J connectivity index is 1.80. The summed E-state index contributed by atoms with van der Waals surface area (Å²) >= 11 is 0. The molecule has 1 N–H and O–H groups in total. The Morgan fingerprint density at radius 1 is 0.821 bits per heavy atom. The molecule has 0 bridgehead atoms. The Morgan fingerprint density at radius 3 is 1.71 bits per heavy atom. The zero-order valence-corrected chi connectivity index (χ0v) is 15.7. The van der Waals surface area contributed by atoms with Crippen LogP contribution in [0.3, 0.4) is 0 Å². The molecule has 0 atom stereocenters. The van der Waals surface area contributed by atoms with E-state index in [1.54, 1.807) is 13.0 Å². The standard InChI is InChI=1S/C24H22O4/c1-18(24(25)26)12-21-13-22(27-16-19-8-4-2-5-9-19)15-23(14-21)28-17-20-10-6-3-7-11-20/h2-15H,16-17H2,1H3,(H,25,26)/b18-12+. The summed E-state index contributed by atoms with van der Waals surface area (Å²) in [4.78, 5) is 11.2. The maximum Gasteiger partial charge on any atom is 0.331 e. The highest BCUT2D eigenvalue weighted by Crippen LogP contribution is 2.26. The Kier molecular flexibility index (Phi) is 6.47. The van der Waals surface area contributed by atoms with Crippen molar-refractivity contribution in [2.24, 2.45) is 0 Å². The number of carbonyl (C=O) groups is 1. The van der Waals surface area contributed by atoms with Gasteiger partial charge >= 0.3 is 5.97 Å². The maximum atomic E-state index is 11.2. The molecule has 3 rings (SSSR count). The van der Waals surface area contributed by atoms with Crippen molar-refractivity contribution in [3.05, 3.63) is 101 Å². The highest BCUT2D eigenvalue weighted by molar-refractivity contribution is 5.91. The predicted octanol–water partition coefficient (Wildman–Crippen LogP) is 5.33. The molecule has 0 unspecified atom stereocenters. The number of rotatable bonds is 8. The lowest BCUT2D eigenvalue weighted by Crippen LogP contribution is -1.99. The molecule has 28 heavy (non-hydrogen) atoms. The first kappa shape index (κ1) is 19.2. The Bertz CT molecular complexity index is 885. The summed E-state index contributed by atoms with van der Waals surface area (Å²) < 4.78 is 11.8. The zero-order valence-electron chi connectivity index (χ0n) is 15.7. The van der Waals surface area contributed by atoms with Crippen LogP contribution in [0.5, 0.6) is 11.5 Å². The van der Waals surface area contributed by atoms with Crippen molar-refractivity contribution in [3.63, 3.8) is 0 Å². The minimum absolute atomic E-state index is 0.245. The van der Waals surface area contributed by atoms with Gasteiger partial charge in [0.25, 0.3) is 0 Å². The van der Waals surface area contributed by atoms with E-state index in [0.717, 1.165) is 11.1 Å². The van der Waals surface area contributed by atoms with Crippen LogP contribution in [0.2, 0.25) is 0 Å². The number of hydrogen-bond acceptors (Lipinski definition) is 3. The molecule has 0 fully saturated rings. The zero-order chi connectivity index (χ0) is 19.8. The van der Waals surface area contributed by atoms with Gasteiger partial charge in [0, 0.05) is 11.6 Å². The first-order valence-electron chi connectivity index (χ1n) is 9.00. The maximum absolute atomic E-state index is 11.2. The fourth-order valence-corrected chi connectivity index (χ4v) is 2.64. The van der Waals surface area contributed by atoms with Gasteiger partial charge in [0.15, 0.2) is 0 Å². The second kappa shape index (κ2) is 9.42. The Morgan fingerprint density at radius 2 is 1.29 bits per heavy atom. The van der Waals surface area contributed by atoms with E-state index in [9.17, 15) is 4.79 Å². The average Bonchev–Trinajstić information content (AvgIpc) is 2.72. The molecule has 4 nitrogen and oxygen atoms in total. The van der Waals surface area contributed by atoms with Gasteiger partial charge in [-0.25, -0.2) is 4.79 Å². The van der Waals surface area contributed by atoms with Crippen LogP contribution in [-0.4, -0.2) is 11.1 Å². The largest absolute Gasteiger partial charge is 0.489 e. The molecule has 0 aliphatic carbocycles. The second-order valence-electron chi connectivity index (χ2n) is 6.42. The van der Waals surface area contributed by atoms with Gasteiger partial charge in [-0.3, -0.25) is 0 Å². The number of ether oxygens (including phenoxy) is 2. The van der Waals surface area contributed by atoms with Gasteiger partial charge in [0.05, 0.1) is 0 Å². The fourth-order valence-electron chi connectivity index (χ4n) is 2.64. The van der Waals surface area contributed by atoms with E-state index >= 15 is 0 Å². The third-order valence-electron chi connectivity index (χ3n) is 4.12. The van der Waals surface area contributed by atoms with Crippen molar-refractivity contribution in [1.29, 1.82) is 0 Å². The third-order valence-corrected chi connectivity index (χ3v) is 4.12. The number of carboxylic acid groups (broad SMARTS) is 1.